The van der Waals surface area contributed by atoms with Crippen LogP contribution in [0.15, 0.2) is 18.3 Å². The number of nitrogen functional groups attached to an aromatic ring is 1. The largest absolute Gasteiger partial charge is 0.383 e. The van der Waals surface area contributed by atoms with Crippen molar-refractivity contribution in [3.05, 3.63) is 23.9 Å². The Balaban J connectivity index is 0.00000106. The summed E-state index contributed by atoms with van der Waals surface area (Å²) in [5.41, 5.74) is 6.92. The number of hydrogen-bond donors (Lipinski definition) is 1. The summed E-state index contributed by atoms with van der Waals surface area (Å²) in [7, 11) is 2.10. The van der Waals surface area contributed by atoms with Crippen molar-refractivity contribution in [1.82, 2.24) is 9.88 Å². The highest BCUT2D eigenvalue weighted by atomic mass is 15.1. The van der Waals surface area contributed by atoms with E-state index in [-0.39, 0.29) is 0 Å². The summed E-state index contributed by atoms with van der Waals surface area (Å²) in [5, 5.41) is 0. The molecule has 0 bridgehead atoms. The Morgan fingerprint density at radius 2 is 1.81 bits per heavy atom. The second kappa shape index (κ2) is 7.23. The van der Waals surface area contributed by atoms with E-state index in [1.54, 1.807) is 6.20 Å². The molecule has 1 aromatic heterocycles. The number of hydrogen-bond acceptors (Lipinski definition) is 3. The highest BCUT2D eigenvalue weighted by Gasteiger charge is 2.16. The van der Waals surface area contributed by atoms with Crippen LogP contribution in [0.1, 0.15) is 46.2 Å². The number of nitrogens with zero attached hydrogens (tertiary/aromatic N) is 2. The van der Waals surface area contributed by atoms with Crippen LogP contribution in [0.4, 0.5) is 5.82 Å². The molecule has 1 aromatic rings. The lowest BCUT2D eigenvalue weighted by Crippen LogP contribution is -2.29. The summed E-state index contributed by atoms with van der Waals surface area (Å²) in [6.45, 7) is 10.5. The SMILES string of the molecule is CC.CC(C)N(C)C(C)c1cccnc1N. The van der Waals surface area contributed by atoms with E-state index < -0.39 is 0 Å². The molecular formula is C13H25N3. The highest BCUT2D eigenvalue weighted by molar-refractivity contribution is 5.40. The Hall–Kier alpha value is -1.09. The second-order valence-electron chi connectivity index (χ2n) is 3.91. The minimum Gasteiger partial charge on any atom is -0.383 e. The topological polar surface area (TPSA) is 42.2 Å². The molecule has 3 nitrogen and oxygen atoms in total. The van der Waals surface area contributed by atoms with Gasteiger partial charge < -0.3 is 5.73 Å². The van der Waals surface area contributed by atoms with Gasteiger partial charge in [-0.25, -0.2) is 4.98 Å². The van der Waals surface area contributed by atoms with Crippen molar-refractivity contribution in [2.45, 2.75) is 46.7 Å². The van der Waals surface area contributed by atoms with Gasteiger partial charge in [0.25, 0.3) is 0 Å². The Morgan fingerprint density at radius 1 is 1.25 bits per heavy atom. The van der Waals surface area contributed by atoms with Crippen LogP contribution >= 0.6 is 0 Å². The van der Waals surface area contributed by atoms with Crippen LogP contribution in [0.5, 0.6) is 0 Å². The van der Waals surface area contributed by atoms with E-state index in [9.17, 15) is 0 Å². The van der Waals surface area contributed by atoms with Crippen molar-refractivity contribution in [3.8, 4) is 0 Å². The molecule has 0 aliphatic heterocycles. The standard InChI is InChI=1S/C11H19N3.C2H6/c1-8(2)14(4)9(3)10-6-5-7-13-11(10)12;1-2/h5-9H,1-4H3,(H2,12,13);1-2H3. The van der Waals surface area contributed by atoms with Crippen molar-refractivity contribution >= 4 is 5.82 Å². The van der Waals surface area contributed by atoms with Gasteiger partial charge in [-0.2, -0.15) is 0 Å². The number of nitrogens with two attached hydrogens (primary N) is 1. The number of rotatable bonds is 3. The molecule has 1 heterocycles. The van der Waals surface area contributed by atoms with Gasteiger partial charge in [-0.3, -0.25) is 4.90 Å². The first kappa shape index (κ1) is 14.9. The summed E-state index contributed by atoms with van der Waals surface area (Å²) in [5.74, 6) is 0.632. The average Bonchev–Trinajstić information content (AvgIpc) is 2.30. The average molecular weight is 223 g/mol. The first-order chi connectivity index (χ1) is 7.54. The Morgan fingerprint density at radius 3 is 2.25 bits per heavy atom. The monoisotopic (exact) mass is 223 g/mol. The third-order valence-corrected chi connectivity index (χ3v) is 2.75. The quantitative estimate of drug-likeness (QED) is 0.856. The number of anilines is 1. The van der Waals surface area contributed by atoms with E-state index >= 15 is 0 Å². The lowest BCUT2D eigenvalue weighted by atomic mass is 10.1. The predicted octanol–water partition coefficient (Wildman–Crippen LogP) is 3.09. The summed E-state index contributed by atoms with van der Waals surface area (Å²) in [4.78, 5) is 6.36. The molecule has 0 saturated heterocycles. The highest BCUT2D eigenvalue weighted by Crippen LogP contribution is 2.23. The molecule has 3 heteroatoms. The fraction of sp³-hybridized carbons (Fsp3) is 0.615. The Bertz CT molecular complexity index is 297. The molecule has 92 valence electrons. The van der Waals surface area contributed by atoms with Gasteiger partial charge in [0.05, 0.1) is 0 Å². The Labute approximate surface area is 99.7 Å². The molecular weight excluding hydrogens is 198 g/mol. The number of aromatic nitrogens is 1. The molecule has 1 rings (SSSR count). The third-order valence-electron chi connectivity index (χ3n) is 2.75. The molecule has 0 saturated carbocycles. The summed E-state index contributed by atoms with van der Waals surface area (Å²) < 4.78 is 0. The van der Waals surface area contributed by atoms with Crippen LogP contribution in [-0.4, -0.2) is 23.0 Å². The zero-order valence-electron chi connectivity index (χ0n) is 11.4. The van der Waals surface area contributed by atoms with Gasteiger partial charge >= 0.3 is 0 Å². The van der Waals surface area contributed by atoms with E-state index in [0.29, 0.717) is 17.9 Å². The normalized spacial score (nSPS) is 12.2. The smallest absolute Gasteiger partial charge is 0.128 e. The third kappa shape index (κ3) is 3.81. The Kier molecular flexibility index (Phi) is 6.74. The number of pyridine rings is 1. The minimum absolute atomic E-state index is 0.309. The molecule has 0 amide bonds. The first-order valence-corrected chi connectivity index (χ1v) is 5.96. The molecule has 1 atom stereocenters. The molecule has 0 aromatic carbocycles. The van der Waals surface area contributed by atoms with E-state index in [1.807, 2.05) is 26.0 Å². The summed E-state index contributed by atoms with van der Waals surface area (Å²) in [6.07, 6.45) is 1.72. The van der Waals surface area contributed by atoms with Crippen LogP contribution in [0.2, 0.25) is 0 Å². The first-order valence-electron chi connectivity index (χ1n) is 5.96. The van der Waals surface area contributed by atoms with Crippen molar-refractivity contribution in [2.24, 2.45) is 0 Å². The van der Waals surface area contributed by atoms with Gasteiger partial charge in [0, 0.05) is 23.8 Å². The van der Waals surface area contributed by atoms with E-state index in [0.717, 1.165) is 5.56 Å². The van der Waals surface area contributed by atoms with Crippen LogP contribution in [0, 0.1) is 0 Å². The van der Waals surface area contributed by atoms with Crippen molar-refractivity contribution < 1.29 is 0 Å². The maximum absolute atomic E-state index is 5.82. The maximum atomic E-state index is 5.82. The van der Waals surface area contributed by atoms with Crippen LogP contribution in [0.25, 0.3) is 0 Å². The zero-order valence-corrected chi connectivity index (χ0v) is 11.4. The second-order valence-corrected chi connectivity index (χ2v) is 3.91. The van der Waals surface area contributed by atoms with E-state index in [4.69, 9.17) is 5.73 Å². The molecule has 0 fully saturated rings. The molecule has 1 unspecified atom stereocenters. The summed E-state index contributed by atoms with van der Waals surface area (Å²) >= 11 is 0. The van der Waals surface area contributed by atoms with Gasteiger partial charge in [0.15, 0.2) is 0 Å². The molecule has 2 N–H and O–H groups in total. The predicted molar refractivity (Wildman–Crippen MR) is 71.3 cm³/mol. The summed E-state index contributed by atoms with van der Waals surface area (Å²) in [6, 6.07) is 4.77. The molecule has 0 spiro atoms. The molecule has 0 aliphatic carbocycles. The minimum atomic E-state index is 0.309. The lowest BCUT2D eigenvalue weighted by molar-refractivity contribution is 0.210. The van der Waals surface area contributed by atoms with Gasteiger partial charge in [-0.15, -0.1) is 0 Å². The van der Waals surface area contributed by atoms with Gasteiger partial charge in [-0.1, -0.05) is 19.9 Å². The van der Waals surface area contributed by atoms with E-state index in [2.05, 4.69) is 37.7 Å². The van der Waals surface area contributed by atoms with Gasteiger partial charge in [-0.05, 0) is 33.9 Å². The van der Waals surface area contributed by atoms with E-state index in [1.165, 1.54) is 0 Å². The fourth-order valence-corrected chi connectivity index (χ4v) is 1.45. The van der Waals surface area contributed by atoms with Crippen LogP contribution < -0.4 is 5.73 Å². The van der Waals surface area contributed by atoms with Crippen molar-refractivity contribution in [2.75, 3.05) is 12.8 Å². The van der Waals surface area contributed by atoms with Gasteiger partial charge in [0.2, 0.25) is 0 Å². The molecule has 0 aliphatic rings. The van der Waals surface area contributed by atoms with Crippen molar-refractivity contribution in [3.63, 3.8) is 0 Å². The molecule has 0 radical (unpaired) electrons. The molecule has 16 heavy (non-hydrogen) atoms. The lowest BCUT2D eigenvalue weighted by Gasteiger charge is -2.29. The van der Waals surface area contributed by atoms with Crippen molar-refractivity contribution in [1.29, 1.82) is 0 Å². The van der Waals surface area contributed by atoms with Crippen LogP contribution in [0.3, 0.4) is 0 Å². The zero-order chi connectivity index (χ0) is 12.7. The maximum Gasteiger partial charge on any atom is 0.128 e. The van der Waals surface area contributed by atoms with Crippen LogP contribution in [-0.2, 0) is 0 Å². The fourth-order valence-electron chi connectivity index (χ4n) is 1.45. The van der Waals surface area contributed by atoms with Gasteiger partial charge in [0.1, 0.15) is 5.82 Å².